The van der Waals surface area contributed by atoms with E-state index in [9.17, 15) is 14.4 Å². The summed E-state index contributed by atoms with van der Waals surface area (Å²) in [6, 6.07) is 0. The average Bonchev–Trinajstić information content (AvgIpc) is 2.49. The largest absolute Gasteiger partial charge is 0.352 e. The Balaban J connectivity index is 5.42. The number of hydrogen-bond acceptors (Lipinski definition) is 3. The Morgan fingerprint density at radius 3 is 0.935 bits per heavy atom. The van der Waals surface area contributed by atoms with E-state index in [0.717, 1.165) is 0 Å². The van der Waals surface area contributed by atoms with E-state index in [1.807, 2.05) is 62.3 Å². The minimum atomic E-state index is -0.281. The lowest BCUT2D eigenvalue weighted by atomic mass is 9.67. The molecule has 6 heteroatoms. The molecule has 3 amide bonds. The maximum absolute atomic E-state index is 12.5. The van der Waals surface area contributed by atoms with Crippen LogP contribution >= 0.6 is 0 Å². The predicted molar refractivity (Wildman–Crippen MR) is 129 cm³/mol. The highest BCUT2D eigenvalue weighted by Gasteiger charge is 2.35. The SMILES string of the molecule is CC(C)C(CCC(=O)NC(C)(C)C)(CCC(=O)NC(C)(C)C)CCC(=O)NC(C)(C)C. The summed E-state index contributed by atoms with van der Waals surface area (Å²) in [5, 5.41) is 9.08. The summed E-state index contributed by atoms with van der Waals surface area (Å²) in [7, 11) is 0. The first kappa shape index (κ1) is 29.4. The van der Waals surface area contributed by atoms with Crippen LogP contribution in [0, 0.1) is 11.3 Å². The molecule has 3 N–H and O–H groups in total. The van der Waals surface area contributed by atoms with Crippen LogP contribution in [0.1, 0.15) is 115 Å². The van der Waals surface area contributed by atoms with E-state index in [2.05, 4.69) is 29.8 Å². The lowest BCUT2D eigenvalue weighted by Crippen LogP contribution is -2.43. The molecule has 0 atom stereocenters. The molecular weight excluding hydrogens is 390 g/mol. The number of amides is 3. The van der Waals surface area contributed by atoms with E-state index in [0.29, 0.717) is 38.5 Å². The molecule has 0 bridgehead atoms. The van der Waals surface area contributed by atoms with Crippen molar-refractivity contribution in [2.75, 3.05) is 0 Å². The van der Waals surface area contributed by atoms with Crippen molar-refractivity contribution in [2.24, 2.45) is 11.3 Å². The van der Waals surface area contributed by atoms with Gasteiger partial charge in [0.05, 0.1) is 0 Å². The Morgan fingerprint density at radius 1 is 0.548 bits per heavy atom. The molecule has 0 fully saturated rings. The van der Waals surface area contributed by atoms with Crippen LogP contribution in [-0.2, 0) is 14.4 Å². The zero-order valence-corrected chi connectivity index (χ0v) is 22.0. The van der Waals surface area contributed by atoms with Gasteiger partial charge in [-0.05, 0) is 92.9 Å². The van der Waals surface area contributed by atoms with Crippen LogP contribution in [0.3, 0.4) is 0 Å². The van der Waals surface area contributed by atoms with E-state index in [4.69, 9.17) is 0 Å². The van der Waals surface area contributed by atoms with Crippen LogP contribution < -0.4 is 16.0 Å². The van der Waals surface area contributed by atoms with Crippen LogP contribution in [-0.4, -0.2) is 34.3 Å². The van der Waals surface area contributed by atoms with Gasteiger partial charge in [-0.25, -0.2) is 0 Å². The fraction of sp³-hybridized carbons (Fsp3) is 0.880. The van der Waals surface area contributed by atoms with Crippen molar-refractivity contribution in [3.63, 3.8) is 0 Å². The van der Waals surface area contributed by atoms with Gasteiger partial charge in [-0.3, -0.25) is 14.4 Å². The molecule has 31 heavy (non-hydrogen) atoms. The summed E-state index contributed by atoms with van der Waals surface area (Å²) in [6.45, 7) is 22.0. The van der Waals surface area contributed by atoms with Crippen LogP contribution in [0.2, 0.25) is 0 Å². The van der Waals surface area contributed by atoms with Gasteiger partial charge in [0.15, 0.2) is 0 Å². The second kappa shape index (κ2) is 11.3. The van der Waals surface area contributed by atoms with Crippen molar-refractivity contribution in [2.45, 2.75) is 131 Å². The van der Waals surface area contributed by atoms with Crippen molar-refractivity contribution >= 4 is 17.7 Å². The Labute approximate surface area is 191 Å². The number of carbonyl (C=O) groups is 3. The molecule has 0 radical (unpaired) electrons. The van der Waals surface area contributed by atoms with Crippen molar-refractivity contribution in [3.05, 3.63) is 0 Å². The van der Waals surface area contributed by atoms with Gasteiger partial charge in [0.25, 0.3) is 0 Å². The third-order valence-corrected chi connectivity index (χ3v) is 5.32. The fourth-order valence-electron chi connectivity index (χ4n) is 3.77. The van der Waals surface area contributed by atoms with Crippen LogP contribution in [0.25, 0.3) is 0 Å². The lowest BCUT2D eigenvalue weighted by molar-refractivity contribution is -0.124. The number of hydrogen-bond donors (Lipinski definition) is 3. The fourth-order valence-corrected chi connectivity index (χ4v) is 3.77. The van der Waals surface area contributed by atoms with Gasteiger partial charge in [-0.2, -0.15) is 0 Å². The van der Waals surface area contributed by atoms with Crippen LogP contribution in [0.4, 0.5) is 0 Å². The molecule has 0 saturated carbocycles. The standard InChI is InChI=1S/C25H49N3O3/c1-18(2)25(15-12-19(29)26-22(3,4)5,16-13-20(30)27-23(6,7)8)17-14-21(31)28-24(9,10)11/h18H,12-17H2,1-11H3,(H,26,29)(H,27,30)(H,28,31). The molecule has 0 aliphatic carbocycles. The molecule has 0 aliphatic rings. The molecule has 0 aromatic carbocycles. The van der Waals surface area contributed by atoms with E-state index in [1.165, 1.54) is 0 Å². The molecular formula is C25H49N3O3. The van der Waals surface area contributed by atoms with Crippen LogP contribution in [0.15, 0.2) is 0 Å². The molecule has 6 nitrogen and oxygen atoms in total. The van der Waals surface area contributed by atoms with Gasteiger partial charge in [0.1, 0.15) is 0 Å². The van der Waals surface area contributed by atoms with Gasteiger partial charge >= 0.3 is 0 Å². The first-order valence-corrected chi connectivity index (χ1v) is 11.7. The Hall–Kier alpha value is -1.59. The summed E-state index contributed by atoms with van der Waals surface area (Å²) in [5.41, 5.74) is -1.11. The lowest BCUT2D eigenvalue weighted by Gasteiger charge is -2.39. The van der Waals surface area contributed by atoms with E-state index >= 15 is 0 Å². The highest BCUT2D eigenvalue weighted by atomic mass is 16.2. The molecule has 0 rings (SSSR count). The molecule has 0 spiro atoms. The first-order chi connectivity index (χ1) is 13.7. The van der Waals surface area contributed by atoms with Crippen LogP contribution in [0.5, 0.6) is 0 Å². The average molecular weight is 440 g/mol. The topological polar surface area (TPSA) is 87.3 Å². The third-order valence-electron chi connectivity index (χ3n) is 5.32. The van der Waals surface area contributed by atoms with Crippen molar-refractivity contribution in [1.82, 2.24) is 16.0 Å². The smallest absolute Gasteiger partial charge is 0.220 e. The van der Waals surface area contributed by atoms with Crippen molar-refractivity contribution in [3.8, 4) is 0 Å². The molecule has 0 heterocycles. The van der Waals surface area contributed by atoms with Gasteiger partial charge in [0, 0.05) is 35.9 Å². The zero-order valence-electron chi connectivity index (χ0n) is 22.0. The Morgan fingerprint density at radius 2 is 0.774 bits per heavy atom. The monoisotopic (exact) mass is 439 g/mol. The first-order valence-electron chi connectivity index (χ1n) is 11.7. The van der Waals surface area contributed by atoms with Crippen molar-refractivity contribution < 1.29 is 14.4 Å². The molecule has 0 aromatic heterocycles. The Kier molecular flexibility index (Phi) is 10.7. The van der Waals surface area contributed by atoms with Crippen molar-refractivity contribution in [1.29, 1.82) is 0 Å². The zero-order chi connectivity index (χ0) is 24.7. The minimum absolute atomic E-state index is 0.0100. The maximum Gasteiger partial charge on any atom is 0.220 e. The summed E-state index contributed by atoms with van der Waals surface area (Å²) < 4.78 is 0. The normalized spacial score (nSPS) is 13.2. The molecule has 0 saturated heterocycles. The minimum Gasteiger partial charge on any atom is -0.352 e. The maximum atomic E-state index is 12.5. The Bertz CT molecular complexity index is 526. The highest BCUT2D eigenvalue weighted by molar-refractivity contribution is 5.78. The second-order valence-corrected chi connectivity index (χ2v) is 12.4. The quantitative estimate of drug-likeness (QED) is 0.460. The summed E-state index contributed by atoms with van der Waals surface area (Å²) >= 11 is 0. The number of carbonyl (C=O) groups excluding carboxylic acids is 3. The highest BCUT2D eigenvalue weighted by Crippen LogP contribution is 2.42. The summed E-state index contributed by atoms with van der Waals surface area (Å²) in [5.74, 6) is 0.266. The van der Waals surface area contributed by atoms with Gasteiger partial charge in [-0.1, -0.05) is 13.8 Å². The number of nitrogens with one attached hydrogen (secondary N) is 3. The van der Waals surface area contributed by atoms with Gasteiger partial charge < -0.3 is 16.0 Å². The molecule has 0 aliphatic heterocycles. The predicted octanol–water partition coefficient (Wildman–Crippen LogP) is 4.71. The van der Waals surface area contributed by atoms with Gasteiger partial charge in [0.2, 0.25) is 17.7 Å². The molecule has 0 unspecified atom stereocenters. The third kappa shape index (κ3) is 14.2. The van der Waals surface area contributed by atoms with E-state index < -0.39 is 0 Å². The van der Waals surface area contributed by atoms with E-state index in [1.54, 1.807) is 0 Å². The van der Waals surface area contributed by atoms with E-state index in [-0.39, 0.29) is 45.7 Å². The summed E-state index contributed by atoms with van der Waals surface area (Å²) in [6.07, 6.45) is 3.11. The molecule has 0 aromatic rings. The van der Waals surface area contributed by atoms with Gasteiger partial charge in [-0.15, -0.1) is 0 Å². The molecule has 182 valence electrons. The number of rotatable bonds is 10. The summed E-state index contributed by atoms with van der Waals surface area (Å²) in [4.78, 5) is 37.5. The second-order valence-electron chi connectivity index (χ2n) is 12.4.